The lowest BCUT2D eigenvalue weighted by molar-refractivity contribution is -0.121. The monoisotopic (exact) mass is 456 g/mol. The standard InChI is InChI=1S/C20H25ClN2O6S/c1-23(30(25,26)19-12-15(21)6-8-17(19)28-3)13-20(24)22-10-9-14-5-7-16(27-2)18(11-14)29-4/h5-8,11-12H,9-10,13H2,1-4H3,(H,22,24). The van der Waals surface area contributed by atoms with Crippen molar-refractivity contribution in [2.45, 2.75) is 11.3 Å². The van der Waals surface area contributed by atoms with Crippen LogP contribution < -0.4 is 19.5 Å². The summed E-state index contributed by atoms with van der Waals surface area (Å²) < 4.78 is 42.1. The number of hydrogen-bond acceptors (Lipinski definition) is 6. The van der Waals surface area contributed by atoms with Crippen molar-refractivity contribution in [1.82, 2.24) is 9.62 Å². The average molecular weight is 457 g/mol. The number of halogens is 1. The number of ether oxygens (including phenoxy) is 3. The van der Waals surface area contributed by atoms with E-state index in [4.69, 9.17) is 25.8 Å². The van der Waals surface area contributed by atoms with E-state index in [-0.39, 0.29) is 22.2 Å². The van der Waals surface area contributed by atoms with Gasteiger partial charge in [-0.1, -0.05) is 17.7 Å². The van der Waals surface area contributed by atoms with Gasteiger partial charge in [0.15, 0.2) is 11.5 Å². The molecule has 0 aliphatic rings. The number of hydrogen-bond donors (Lipinski definition) is 1. The van der Waals surface area contributed by atoms with E-state index >= 15 is 0 Å². The first-order chi connectivity index (χ1) is 14.2. The van der Waals surface area contributed by atoms with Gasteiger partial charge in [0, 0.05) is 18.6 Å². The minimum atomic E-state index is -3.96. The average Bonchev–Trinajstić information content (AvgIpc) is 2.73. The van der Waals surface area contributed by atoms with E-state index in [0.29, 0.717) is 24.5 Å². The van der Waals surface area contributed by atoms with Crippen molar-refractivity contribution in [2.24, 2.45) is 0 Å². The molecule has 2 aromatic rings. The summed E-state index contributed by atoms with van der Waals surface area (Å²) in [5.74, 6) is 0.943. The van der Waals surface area contributed by atoms with Crippen LogP contribution in [0.1, 0.15) is 5.56 Å². The number of likely N-dealkylation sites (N-methyl/N-ethyl adjacent to an activating group) is 1. The second-order valence-electron chi connectivity index (χ2n) is 6.35. The van der Waals surface area contributed by atoms with E-state index in [1.807, 2.05) is 12.1 Å². The Kier molecular flexibility index (Phi) is 8.33. The number of sulfonamides is 1. The fourth-order valence-electron chi connectivity index (χ4n) is 2.75. The van der Waals surface area contributed by atoms with E-state index in [1.165, 1.54) is 32.4 Å². The van der Waals surface area contributed by atoms with Gasteiger partial charge in [0.25, 0.3) is 0 Å². The molecular formula is C20H25ClN2O6S. The number of rotatable bonds is 10. The number of carbonyl (C=O) groups is 1. The molecule has 8 nitrogen and oxygen atoms in total. The highest BCUT2D eigenvalue weighted by atomic mass is 35.5. The Labute approximate surface area is 181 Å². The van der Waals surface area contributed by atoms with Gasteiger partial charge < -0.3 is 19.5 Å². The van der Waals surface area contributed by atoms with Crippen LogP contribution in [0, 0.1) is 0 Å². The van der Waals surface area contributed by atoms with Crippen molar-refractivity contribution in [2.75, 3.05) is 41.5 Å². The van der Waals surface area contributed by atoms with Gasteiger partial charge in [-0.05, 0) is 42.3 Å². The lowest BCUT2D eigenvalue weighted by atomic mass is 10.1. The van der Waals surface area contributed by atoms with Crippen LogP contribution in [0.5, 0.6) is 17.2 Å². The highest BCUT2D eigenvalue weighted by Crippen LogP contribution is 2.29. The van der Waals surface area contributed by atoms with Crippen LogP contribution in [0.3, 0.4) is 0 Å². The maximum Gasteiger partial charge on any atom is 0.247 e. The van der Waals surface area contributed by atoms with Gasteiger partial charge in [0.2, 0.25) is 15.9 Å². The van der Waals surface area contributed by atoms with Crippen molar-refractivity contribution in [3.8, 4) is 17.2 Å². The molecule has 1 amide bonds. The van der Waals surface area contributed by atoms with E-state index in [9.17, 15) is 13.2 Å². The summed E-state index contributed by atoms with van der Waals surface area (Å²) in [4.78, 5) is 12.1. The molecule has 0 heterocycles. The van der Waals surface area contributed by atoms with E-state index in [2.05, 4.69) is 5.32 Å². The normalized spacial score (nSPS) is 11.3. The second kappa shape index (κ2) is 10.5. The Morgan fingerprint density at radius 3 is 2.27 bits per heavy atom. The summed E-state index contributed by atoms with van der Waals surface area (Å²) in [6.07, 6.45) is 0.546. The maximum absolute atomic E-state index is 12.8. The summed E-state index contributed by atoms with van der Waals surface area (Å²) >= 11 is 5.92. The number of methoxy groups -OCH3 is 3. The molecule has 0 spiro atoms. The van der Waals surface area contributed by atoms with E-state index < -0.39 is 15.9 Å². The predicted molar refractivity (Wildman–Crippen MR) is 114 cm³/mol. The zero-order valence-corrected chi connectivity index (χ0v) is 18.8. The van der Waals surface area contributed by atoms with Crippen molar-refractivity contribution >= 4 is 27.5 Å². The third kappa shape index (κ3) is 5.78. The van der Waals surface area contributed by atoms with Crippen LogP contribution in [-0.2, 0) is 21.2 Å². The van der Waals surface area contributed by atoms with Gasteiger partial charge >= 0.3 is 0 Å². The number of nitrogens with zero attached hydrogens (tertiary/aromatic N) is 1. The predicted octanol–water partition coefficient (Wildman–Crippen LogP) is 2.35. The largest absolute Gasteiger partial charge is 0.495 e. The fourth-order valence-corrected chi connectivity index (χ4v) is 4.29. The summed E-state index contributed by atoms with van der Waals surface area (Å²) in [5.41, 5.74) is 0.942. The van der Waals surface area contributed by atoms with Gasteiger partial charge in [-0.2, -0.15) is 4.31 Å². The minimum absolute atomic E-state index is 0.0990. The summed E-state index contributed by atoms with van der Waals surface area (Å²) in [5, 5.41) is 2.97. The van der Waals surface area contributed by atoms with Crippen LogP contribution in [0.2, 0.25) is 5.02 Å². The van der Waals surface area contributed by atoms with Crippen LogP contribution >= 0.6 is 11.6 Å². The molecule has 0 aliphatic heterocycles. The van der Waals surface area contributed by atoms with Gasteiger partial charge in [-0.15, -0.1) is 0 Å². The van der Waals surface area contributed by atoms with Crippen molar-refractivity contribution in [3.05, 3.63) is 47.0 Å². The first kappa shape index (κ1) is 23.8. The van der Waals surface area contributed by atoms with Gasteiger partial charge in [-0.25, -0.2) is 8.42 Å². The highest BCUT2D eigenvalue weighted by molar-refractivity contribution is 7.89. The smallest absolute Gasteiger partial charge is 0.247 e. The number of amides is 1. The molecule has 0 saturated carbocycles. The zero-order valence-electron chi connectivity index (χ0n) is 17.3. The van der Waals surface area contributed by atoms with Crippen LogP contribution in [0.15, 0.2) is 41.3 Å². The molecule has 0 aliphatic carbocycles. The first-order valence-electron chi connectivity index (χ1n) is 9.00. The third-order valence-corrected chi connectivity index (χ3v) is 6.42. The summed E-state index contributed by atoms with van der Waals surface area (Å²) in [7, 11) is 1.83. The minimum Gasteiger partial charge on any atom is -0.495 e. The lowest BCUT2D eigenvalue weighted by Gasteiger charge is -2.18. The van der Waals surface area contributed by atoms with Crippen molar-refractivity contribution in [1.29, 1.82) is 0 Å². The lowest BCUT2D eigenvalue weighted by Crippen LogP contribution is -2.39. The Balaban J connectivity index is 1.97. The molecule has 2 rings (SSSR count). The summed E-state index contributed by atoms with van der Waals surface area (Å²) in [6.45, 7) is -0.00732. The zero-order chi connectivity index (χ0) is 22.3. The van der Waals surface area contributed by atoms with Gasteiger partial charge in [0.1, 0.15) is 10.6 Å². The molecule has 1 N–H and O–H groups in total. The van der Waals surface area contributed by atoms with Crippen molar-refractivity contribution in [3.63, 3.8) is 0 Å². The van der Waals surface area contributed by atoms with Crippen LogP contribution in [-0.4, -0.2) is 60.1 Å². The third-order valence-electron chi connectivity index (χ3n) is 4.36. The number of benzene rings is 2. The molecule has 30 heavy (non-hydrogen) atoms. The van der Waals surface area contributed by atoms with Gasteiger partial charge in [0.05, 0.1) is 27.9 Å². The molecule has 0 radical (unpaired) electrons. The van der Waals surface area contributed by atoms with Crippen LogP contribution in [0.4, 0.5) is 0 Å². The Hall–Kier alpha value is -2.49. The number of carbonyl (C=O) groups excluding carboxylic acids is 1. The quantitative estimate of drug-likeness (QED) is 0.589. The molecule has 164 valence electrons. The Morgan fingerprint density at radius 2 is 1.63 bits per heavy atom. The van der Waals surface area contributed by atoms with Crippen molar-refractivity contribution < 1.29 is 27.4 Å². The van der Waals surface area contributed by atoms with Gasteiger partial charge in [-0.3, -0.25) is 4.79 Å². The second-order valence-corrected chi connectivity index (χ2v) is 8.80. The molecule has 2 aromatic carbocycles. The SMILES string of the molecule is COc1ccc(CCNC(=O)CN(C)S(=O)(=O)c2cc(Cl)ccc2OC)cc1OC. The molecule has 0 fully saturated rings. The Bertz CT molecular complexity index is 997. The molecule has 0 aromatic heterocycles. The van der Waals surface area contributed by atoms with E-state index in [0.717, 1.165) is 9.87 Å². The topological polar surface area (TPSA) is 94.2 Å². The highest BCUT2D eigenvalue weighted by Gasteiger charge is 2.26. The van der Waals surface area contributed by atoms with Crippen LogP contribution in [0.25, 0.3) is 0 Å². The summed E-state index contributed by atoms with van der Waals surface area (Å²) in [6, 6.07) is 9.77. The molecule has 0 unspecified atom stereocenters. The maximum atomic E-state index is 12.8. The molecule has 0 saturated heterocycles. The number of nitrogens with one attached hydrogen (secondary N) is 1. The molecule has 0 atom stereocenters. The fraction of sp³-hybridized carbons (Fsp3) is 0.350. The molecular weight excluding hydrogens is 432 g/mol. The van der Waals surface area contributed by atoms with E-state index in [1.54, 1.807) is 20.3 Å². The Morgan fingerprint density at radius 1 is 1.00 bits per heavy atom. The molecule has 10 heteroatoms. The first-order valence-corrected chi connectivity index (χ1v) is 10.8. The molecule has 0 bridgehead atoms.